The summed E-state index contributed by atoms with van der Waals surface area (Å²) >= 11 is 0. The van der Waals surface area contributed by atoms with E-state index in [1.807, 2.05) is 20.8 Å². The Labute approximate surface area is 160 Å². The first-order chi connectivity index (χ1) is 12.9. The predicted molar refractivity (Wildman–Crippen MR) is 108 cm³/mol. The van der Waals surface area contributed by atoms with Crippen molar-refractivity contribution in [1.29, 1.82) is 0 Å². The number of rotatable bonds is 8. The number of benzene rings is 2. The Morgan fingerprint density at radius 3 is 2.07 bits per heavy atom. The minimum atomic E-state index is -0.558. The first kappa shape index (κ1) is 20.5. The number of hydrogen-bond acceptors (Lipinski definition) is 4. The minimum absolute atomic E-state index is 0.101. The summed E-state index contributed by atoms with van der Waals surface area (Å²) in [6.45, 7) is 6.45. The highest BCUT2D eigenvalue weighted by molar-refractivity contribution is 6.04. The van der Waals surface area contributed by atoms with Crippen LogP contribution in [0.25, 0.3) is 0 Å². The third-order valence-electron chi connectivity index (χ3n) is 4.40. The summed E-state index contributed by atoms with van der Waals surface area (Å²) in [6, 6.07) is 13.3. The van der Waals surface area contributed by atoms with Gasteiger partial charge in [0.2, 0.25) is 5.91 Å². The molecule has 2 unspecified atom stereocenters. The summed E-state index contributed by atoms with van der Waals surface area (Å²) in [4.78, 5) is 24.5. The van der Waals surface area contributed by atoms with E-state index in [0.29, 0.717) is 23.5 Å². The molecule has 27 heavy (non-hydrogen) atoms. The van der Waals surface area contributed by atoms with E-state index in [1.165, 1.54) is 0 Å². The third-order valence-corrected chi connectivity index (χ3v) is 4.40. The SMILES string of the molecule is CCOc1ccc(NC(=O)c2ccc(NC(=O)C(N)C(C)CC)cc2)cc1. The summed E-state index contributed by atoms with van der Waals surface area (Å²) in [6.07, 6.45) is 0.833. The van der Waals surface area contributed by atoms with Gasteiger partial charge in [0.1, 0.15) is 5.75 Å². The first-order valence-electron chi connectivity index (χ1n) is 9.15. The summed E-state index contributed by atoms with van der Waals surface area (Å²) in [7, 11) is 0. The van der Waals surface area contributed by atoms with E-state index < -0.39 is 6.04 Å². The maximum absolute atomic E-state index is 12.3. The quantitative estimate of drug-likeness (QED) is 0.662. The van der Waals surface area contributed by atoms with E-state index in [2.05, 4.69) is 10.6 Å². The smallest absolute Gasteiger partial charge is 0.255 e. The van der Waals surface area contributed by atoms with E-state index >= 15 is 0 Å². The zero-order valence-corrected chi connectivity index (χ0v) is 16.0. The molecule has 144 valence electrons. The lowest BCUT2D eigenvalue weighted by Gasteiger charge is -2.17. The van der Waals surface area contributed by atoms with E-state index in [-0.39, 0.29) is 17.7 Å². The van der Waals surface area contributed by atoms with E-state index in [9.17, 15) is 9.59 Å². The third kappa shape index (κ3) is 5.82. The summed E-state index contributed by atoms with van der Waals surface area (Å²) in [5.74, 6) is 0.402. The van der Waals surface area contributed by atoms with Crippen LogP contribution in [0.5, 0.6) is 5.75 Å². The van der Waals surface area contributed by atoms with Crippen LogP contribution in [0.4, 0.5) is 11.4 Å². The fourth-order valence-corrected chi connectivity index (χ4v) is 2.45. The molecule has 0 heterocycles. The topological polar surface area (TPSA) is 93.5 Å². The molecule has 6 heteroatoms. The largest absolute Gasteiger partial charge is 0.494 e. The fraction of sp³-hybridized carbons (Fsp3) is 0.333. The van der Waals surface area contributed by atoms with Gasteiger partial charge in [0.05, 0.1) is 12.6 Å². The number of anilines is 2. The highest BCUT2D eigenvalue weighted by Crippen LogP contribution is 2.17. The van der Waals surface area contributed by atoms with Crippen LogP contribution in [-0.4, -0.2) is 24.5 Å². The molecule has 2 rings (SSSR count). The van der Waals surface area contributed by atoms with Crippen molar-refractivity contribution in [3.63, 3.8) is 0 Å². The molecule has 0 aliphatic rings. The summed E-state index contributed by atoms with van der Waals surface area (Å²) in [5, 5.41) is 5.61. The lowest BCUT2D eigenvalue weighted by molar-refractivity contribution is -0.118. The molecule has 4 N–H and O–H groups in total. The summed E-state index contributed by atoms with van der Waals surface area (Å²) < 4.78 is 5.38. The summed E-state index contributed by atoms with van der Waals surface area (Å²) in [5.41, 5.74) is 7.71. The van der Waals surface area contributed by atoms with Gasteiger partial charge < -0.3 is 21.1 Å². The van der Waals surface area contributed by atoms with Crippen molar-refractivity contribution < 1.29 is 14.3 Å². The van der Waals surface area contributed by atoms with Crippen molar-refractivity contribution in [1.82, 2.24) is 0 Å². The zero-order valence-electron chi connectivity index (χ0n) is 16.0. The lowest BCUT2D eigenvalue weighted by Crippen LogP contribution is -2.40. The fourth-order valence-electron chi connectivity index (χ4n) is 2.45. The average Bonchev–Trinajstić information content (AvgIpc) is 2.69. The van der Waals surface area contributed by atoms with Crippen LogP contribution in [0.15, 0.2) is 48.5 Å². The van der Waals surface area contributed by atoms with Crippen LogP contribution >= 0.6 is 0 Å². The van der Waals surface area contributed by atoms with Crippen molar-refractivity contribution in [2.75, 3.05) is 17.2 Å². The Kier molecular flexibility index (Phi) is 7.37. The van der Waals surface area contributed by atoms with Crippen molar-refractivity contribution in [2.45, 2.75) is 33.2 Å². The molecule has 0 spiro atoms. The second-order valence-corrected chi connectivity index (χ2v) is 6.39. The van der Waals surface area contributed by atoms with Gasteiger partial charge >= 0.3 is 0 Å². The number of nitrogens with one attached hydrogen (secondary N) is 2. The maximum Gasteiger partial charge on any atom is 0.255 e. The molecule has 0 bridgehead atoms. The van der Waals surface area contributed by atoms with Crippen LogP contribution in [-0.2, 0) is 4.79 Å². The molecular weight excluding hydrogens is 342 g/mol. The standard InChI is InChI=1S/C21H27N3O3/c1-4-14(3)19(22)21(26)24-16-8-6-15(7-9-16)20(25)23-17-10-12-18(13-11-17)27-5-2/h6-14,19H,4-5,22H2,1-3H3,(H,23,25)(H,24,26). The molecule has 0 saturated carbocycles. The Morgan fingerprint density at radius 1 is 0.963 bits per heavy atom. The number of carbonyl (C=O) groups excluding carboxylic acids is 2. The van der Waals surface area contributed by atoms with Crippen LogP contribution in [0.2, 0.25) is 0 Å². The van der Waals surface area contributed by atoms with Crippen LogP contribution < -0.4 is 21.1 Å². The predicted octanol–water partition coefficient (Wildman–Crippen LogP) is 3.65. The Morgan fingerprint density at radius 2 is 1.52 bits per heavy atom. The minimum Gasteiger partial charge on any atom is -0.494 e. The molecule has 0 saturated heterocycles. The van der Waals surface area contributed by atoms with Gasteiger partial charge in [-0.1, -0.05) is 20.3 Å². The molecule has 0 fully saturated rings. The first-order valence-corrected chi connectivity index (χ1v) is 9.15. The molecular formula is C21H27N3O3. The number of carbonyl (C=O) groups is 2. The Balaban J connectivity index is 1.95. The maximum atomic E-state index is 12.3. The van der Waals surface area contributed by atoms with E-state index in [0.717, 1.165) is 12.2 Å². The van der Waals surface area contributed by atoms with E-state index in [4.69, 9.17) is 10.5 Å². The van der Waals surface area contributed by atoms with Gasteiger partial charge in [0, 0.05) is 16.9 Å². The highest BCUT2D eigenvalue weighted by atomic mass is 16.5. The van der Waals surface area contributed by atoms with Gasteiger partial charge in [-0.05, 0) is 61.4 Å². The van der Waals surface area contributed by atoms with Crippen molar-refractivity contribution in [3.05, 3.63) is 54.1 Å². The Hall–Kier alpha value is -2.86. The van der Waals surface area contributed by atoms with Gasteiger partial charge in [0.25, 0.3) is 5.91 Å². The molecule has 2 aromatic rings. The second-order valence-electron chi connectivity index (χ2n) is 6.39. The number of ether oxygens (including phenoxy) is 1. The van der Waals surface area contributed by atoms with Crippen molar-refractivity contribution in [2.24, 2.45) is 11.7 Å². The van der Waals surface area contributed by atoms with Gasteiger partial charge in [-0.2, -0.15) is 0 Å². The van der Waals surface area contributed by atoms with Gasteiger partial charge in [-0.15, -0.1) is 0 Å². The number of hydrogen-bond donors (Lipinski definition) is 3. The molecule has 0 aliphatic carbocycles. The molecule has 0 aromatic heterocycles. The normalized spacial score (nSPS) is 12.7. The number of amides is 2. The van der Waals surface area contributed by atoms with Gasteiger partial charge in [-0.25, -0.2) is 0 Å². The molecule has 0 aliphatic heterocycles. The number of nitrogens with two attached hydrogens (primary N) is 1. The van der Waals surface area contributed by atoms with Gasteiger partial charge in [-0.3, -0.25) is 9.59 Å². The van der Waals surface area contributed by atoms with Crippen LogP contribution in [0, 0.1) is 5.92 Å². The molecule has 0 radical (unpaired) electrons. The van der Waals surface area contributed by atoms with Crippen molar-refractivity contribution in [3.8, 4) is 5.75 Å². The molecule has 2 atom stereocenters. The van der Waals surface area contributed by atoms with Gasteiger partial charge in [0.15, 0.2) is 0 Å². The zero-order chi connectivity index (χ0) is 19.8. The highest BCUT2D eigenvalue weighted by Gasteiger charge is 2.19. The monoisotopic (exact) mass is 369 g/mol. The molecule has 2 aromatic carbocycles. The molecule has 2 amide bonds. The van der Waals surface area contributed by atoms with Crippen LogP contribution in [0.3, 0.4) is 0 Å². The Bertz CT molecular complexity index is 757. The molecule has 6 nitrogen and oxygen atoms in total. The van der Waals surface area contributed by atoms with E-state index in [1.54, 1.807) is 48.5 Å². The van der Waals surface area contributed by atoms with Crippen molar-refractivity contribution >= 4 is 23.2 Å². The lowest BCUT2D eigenvalue weighted by atomic mass is 9.99. The van der Waals surface area contributed by atoms with Crippen LogP contribution in [0.1, 0.15) is 37.6 Å². The average molecular weight is 369 g/mol. The second kappa shape index (κ2) is 9.73.